The van der Waals surface area contributed by atoms with Gasteiger partial charge < -0.3 is 14.8 Å². The highest BCUT2D eigenvalue weighted by Gasteiger charge is 2.26. The van der Waals surface area contributed by atoms with Crippen molar-refractivity contribution < 1.29 is 0 Å². The van der Waals surface area contributed by atoms with E-state index in [0.717, 1.165) is 18.2 Å². The lowest BCUT2D eigenvalue weighted by molar-refractivity contribution is 0.194. The molecule has 2 heterocycles. The average Bonchev–Trinajstić information content (AvgIpc) is 3.13. The Labute approximate surface area is 109 Å². The van der Waals surface area contributed by atoms with E-state index in [2.05, 4.69) is 39.9 Å². The summed E-state index contributed by atoms with van der Waals surface area (Å²) in [7, 11) is 2.24. The minimum atomic E-state index is 0.670. The van der Waals surface area contributed by atoms with Gasteiger partial charge in [0.25, 0.3) is 0 Å². The molecule has 0 aromatic carbocycles. The summed E-state index contributed by atoms with van der Waals surface area (Å²) in [6, 6.07) is 1.38. The van der Waals surface area contributed by atoms with Crippen LogP contribution < -0.4 is 5.32 Å². The second-order valence-corrected chi connectivity index (χ2v) is 5.86. The molecule has 3 rings (SSSR count). The van der Waals surface area contributed by atoms with Crippen molar-refractivity contribution in [2.45, 2.75) is 51.1 Å². The Balaban J connectivity index is 1.62. The SMILES string of the molecule is Cc1cn(C2CC2)c(NCC2CCCCN2C)n1. The van der Waals surface area contributed by atoms with Gasteiger partial charge in [-0.05, 0) is 46.2 Å². The van der Waals surface area contributed by atoms with Crippen molar-refractivity contribution in [2.75, 3.05) is 25.5 Å². The van der Waals surface area contributed by atoms with Gasteiger partial charge in [0.1, 0.15) is 0 Å². The van der Waals surface area contributed by atoms with Crippen LogP contribution in [0.25, 0.3) is 0 Å². The summed E-state index contributed by atoms with van der Waals surface area (Å²) in [4.78, 5) is 7.09. The Kier molecular flexibility index (Phi) is 3.29. The highest BCUT2D eigenvalue weighted by Crippen LogP contribution is 2.37. The fourth-order valence-corrected chi connectivity index (χ4v) is 2.89. The summed E-state index contributed by atoms with van der Waals surface area (Å²) in [5.41, 5.74) is 1.13. The number of nitrogens with zero attached hydrogens (tertiary/aromatic N) is 3. The van der Waals surface area contributed by atoms with Gasteiger partial charge in [-0.25, -0.2) is 4.98 Å². The standard InChI is InChI=1S/C14H24N4/c1-11-10-18(12-6-7-12)14(16-11)15-9-13-5-3-4-8-17(13)2/h10,12-13H,3-9H2,1-2H3,(H,15,16). The molecule has 1 aliphatic heterocycles. The van der Waals surface area contributed by atoms with Gasteiger partial charge in [0, 0.05) is 24.8 Å². The van der Waals surface area contributed by atoms with Crippen LogP contribution >= 0.6 is 0 Å². The molecule has 0 spiro atoms. The minimum absolute atomic E-state index is 0.670. The zero-order chi connectivity index (χ0) is 12.5. The number of hydrogen-bond acceptors (Lipinski definition) is 3. The van der Waals surface area contributed by atoms with Crippen LogP contribution in [-0.2, 0) is 0 Å². The van der Waals surface area contributed by atoms with Gasteiger partial charge in [-0.1, -0.05) is 6.42 Å². The molecule has 4 heteroatoms. The van der Waals surface area contributed by atoms with Crippen molar-refractivity contribution in [1.82, 2.24) is 14.5 Å². The first-order valence-corrected chi connectivity index (χ1v) is 7.23. The summed E-state index contributed by atoms with van der Waals surface area (Å²) in [6.45, 7) is 4.35. The van der Waals surface area contributed by atoms with Crippen LogP contribution in [0.15, 0.2) is 6.20 Å². The number of nitrogens with one attached hydrogen (secondary N) is 1. The maximum absolute atomic E-state index is 4.61. The quantitative estimate of drug-likeness (QED) is 0.888. The predicted octanol–water partition coefficient (Wildman–Crippen LogP) is 2.42. The number of piperidine rings is 1. The Hall–Kier alpha value is -1.03. The highest BCUT2D eigenvalue weighted by molar-refractivity contribution is 5.31. The minimum Gasteiger partial charge on any atom is -0.354 e. The van der Waals surface area contributed by atoms with Crippen LogP contribution in [0.4, 0.5) is 5.95 Å². The Morgan fingerprint density at radius 1 is 1.33 bits per heavy atom. The molecule has 0 bridgehead atoms. The Morgan fingerprint density at radius 3 is 2.89 bits per heavy atom. The molecule has 1 unspecified atom stereocenters. The first-order valence-electron chi connectivity index (χ1n) is 7.23. The molecular weight excluding hydrogens is 224 g/mol. The number of aryl methyl sites for hydroxylation is 1. The average molecular weight is 248 g/mol. The lowest BCUT2D eigenvalue weighted by atomic mass is 10.0. The summed E-state index contributed by atoms with van der Waals surface area (Å²) in [5, 5.41) is 3.57. The third kappa shape index (κ3) is 2.53. The van der Waals surface area contributed by atoms with Crippen LogP contribution in [0.3, 0.4) is 0 Å². The molecule has 2 aliphatic rings. The van der Waals surface area contributed by atoms with E-state index in [0.29, 0.717) is 12.1 Å². The van der Waals surface area contributed by atoms with Crippen molar-refractivity contribution in [3.05, 3.63) is 11.9 Å². The molecule has 1 saturated carbocycles. The van der Waals surface area contributed by atoms with Gasteiger partial charge in [-0.2, -0.15) is 0 Å². The van der Waals surface area contributed by atoms with Crippen molar-refractivity contribution in [2.24, 2.45) is 0 Å². The number of hydrogen-bond donors (Lipinski definition) is 1. The highest BCUT2D eigenvalue weighted by atomic mass is 15.2. The number of anilines is 1. The molecule has 1 aromatic heterocycles. The second-order valence-electron chi connectivity index (χ2n) is 5.86. The molecule has 1 aliphatic carbocycles. The van der Waals surface area contributed by atoms with Gasteiger partial charge in [0.2, 0.25) is 5.95 Å². The lowest BCUT2D eigenvalue weighted by Crippen LogP contribution is -2.41. The van der Waals surface area contributed by atoms with E-state index in [4.69, 9.17) is 0 Å². The van der Waals surface area contributed by atoms with Gasteiger partial charge in [0.05, 0.1) is 5.69 Å². The van der Waals surface area contributed by atoms with E-state index in [1.54, 1.807) is 0 Å². The Bertz CT molecular complexity index is 408. The monoisotopic (exact) mass is 248 g/mol. The van der Waals surface area contributed by atoms with Gasteiger partial charge in [-0.15, -0.1) is 0 Å². The largest absolute Gasteiger partial charge is 0.354 e. The van der Waals surface area contributed by atoms with Crippen LogP contribution in [0.2, 0.25) is 0 Å². The third-order valence-electron chi connectivity index (χ3n) is 4.21. The van der Waals surface area contributed by atoms with E-state index in [9.17, 15) is 0 Å². The van der Waals surface area contributed by atoms with Crippen molar-refractivity contribution >= 4 is 5.95 Å². The van der Waals surface area contributed by atoms with Crippen molar-refractivity contribution in [1.29, 1.82) is 0 Å². The molecule has 4 nitrogen and oxygen atoms in total. The second kappa shape index (κ2) is 4.92. The number of aromatic nitrogens is 2. The first kappa shape index (κ1) is 12.0. The number of likely N-dealkylation sites (tertiary alicyclic amines) is 1. The molecule has 1 N–H and O–H groups in total. The Morgan fingerprint density at radius 2 is 2.17 bits per heavy atom. The van der Waals surface area contributed by atoms with E-state index in [1.807, 2.05) is 0 Å². The van der Waals surface area contributed by atoms with E-state index < -0.39 is 0 Å². The van der Waals surface area contributed by atoms with Gasteiger partial charge >= 0.3 is 0 Å². The molecule has 100 valence electrons. The fraction of sp³-hybridized carbons (Fsp3) is 0.786. The topological polar surface area (TPSA) is 33.1 Å². The molecule has 0 amide bonds. The van der Waals surface area contributed by atoms with Crippen LogP contribution in [-0.4, -0.2) is 40.6 Å². The van der Waals surface area contributed by atoms with Crippen LogP contribution in [0.1, 0.15) is 43.8 Å². The zero-order valence-electron chi connectivity index (χ0n) is 11.5. The van der Waals surface area contributed by atoms with Crippen LogP contribution in [0.5, 0.6) is 0 Å². The summed E-state index contributed by atoms with van der Waals surface area (Å²) in [5.74, 6) is 1.08. The number of likely N-dealkylation sites (N-methyl/N-ethyl adjacent to an activating group) is 1. The molecule has 1 aromatic rings. The lowest BCUT2D eigenvalue weighted by Gasteiger charge is -2.32. The van der Waals surface area contributed by atoms with Crippen molar-refractivity contribution in [3.8, 4) is 0 Å². The normalized spacial score (nSPS) is 25.3. The summed E-state index contributed by atoms with van der Waals surface area (Å²) >= 11 is 0. The number of imidazole rings is 1. The molecule has 1 saturated heterocycles. The zero-order valence-corrected chi connectivity index (χ0v) is 11.5. The molecular formula is C14H24N4. The third-order valence-corrected chi connectivity index (χ3v) is 4.21. The molecule has 18 heavy (non-hydrogen) atoms. The maximum Gasteiger partial charge on any atom is 0.203 e. The summed E-state index contributed by atoms with van der Waals surface area (Å²) in [6.07, 6.45) is 8.84. The van der Waals surface area contributed by atoms with E-state index >= 15 is 0 Å². The van der Waals surface area contributed by atoms with E-state index in [-0.39, 0.29) is 0 Å². The van der Waals surface area contributed by atoms with Gasteiger partial charge in [-0.3, -0.25) is 0 Å². The molecule has 1 atom stereocenters. The smallest absolute Gasteiger partial charge is 0.203 e. The number of rotatable bonds is 4. The van der Waals surface area contributed by atoms with Crippen LogP contribution in [0, 0.1) is 6.92 Å². The predicted molar refractivity (Wildman–Crippen MR) is 74.0 cm³/mol. The van der Waals surface area contributed by atoms with Gasteiger partial charge in [0.15, 0.2) is 0 Å². The maximum atomic E-state index is 4.61. The first-order chi connectivity index (χ1) is 8.74. The fourth-order valence-electron chi connectivity index (χ4n) is 2.89. The molecule has 2 fully saturated rings. The van der Waals surface area contributed by atoms with Crippen molar-refractivity contribution in [3.63, 3.8) is 0 Å². The summed E-state index contributed by atoms with van der Waals surface area (Å²) < 4.78 is 2.33. The van der Waals surface area contributed by atoms with E-state index in [1.165, 1.54) is 38.6 Å². The molecule has 0 radical (unpaired) electrons.